The molecule has 0 spiro atoms. The van der Waals surface area contributed by atoms with Crippen molar-refractivity contribution in [2.75, 3.05) is 20.2 Å². The van der Waals surface area contributed by atoms with Crippen LogP contribution in [0.2, 0.25) is 0 Å². The molecule has 0 radical (unpaired) electrons. The van der Waals surface area contributed by atoms with E-state index in [1.54, 1.807) is 24.3 Å². The number of hydrogen-bond acceptors (Lipinski definition) is 5. The molecule has 0 unspecified atom stereocenters. The van der Waals surface area contributed by atoms with Crippen molar-refractivity contribution in [3.63, 3.8) is 0 Å². The largest absolute Gasteiger partial charge is 0.496 e. The van der Waals surface area contributed by atoms with Gasteiger partial charge in [-0.25, -0.2) is 0 Å². The first-order valence-electron chi connectivity index (χ1n) is 10.4. The molecule has 0 bridgehead atoms. The molecule has 0 saturated carbocycles. The van der Waals surface area contributed by atoms with E-state index in [1.165, 1.54) is 20.0 Å². The second kappa shape index (κ2) is 9.62. The van der Waals surface area contributed by atoms with Gasteiger partial charge in [0.05, 0.1) is 24.9 Å². The monoisotopic (exact) mass is 484 g/mol. The number of fused-ring (bicyclic) bond motifs is 1. The predicted molar refractivity (Wildman–Crippen MR) is 123 cm³/mol. The van der Waals surface area contributed by atoms with E-state index < -0.39 is 5.91 Å². The Hall–Kier alpha value is -2.71. The van der Waals surface area contributed by atoms with Gasteiger partial charge in [0.2, 0.25) is 5.88 Å². The lowest BCUT2D eigenvalue weighted by Crippen LogP contribution is -2.27. The number of amides is 1. The van der Waals surface area contributed by atoms with Gasteiger partial charge in [0.1, 0.15) is 5.75 Å². The number of rotatable bonds is 5. The summed E-state index contributed by atoms with van der Waals surface area (Å²) in [6, 6.07) is 12.6. The predicted octanol–water partition coefficient (Wildman–Crippen LogP) is 5.88. The molecule has 4 rings (SSSR count). The molecule has 1 aliphatic heterocycles. The Bertz CT molecular complexity index is 1120. The van der Waals surface area contributed by atoms with Crippen LogP contribution in [-0.2, 0) is 6.67 Å². The maximum atomic E-state index is 12.6. The van der Waals surface area contributed by atoms with Gasteiger partial charge in [-0.1, -0.05) is 40.9 Å². The molecule has 3 aromatic rings. The Balaban J connectivity index is 1.70. The fourth-order valence-corrected chi connectivity index (χ4v) is 4.35. The number of azo groups is 1. The standard InChI is InChI=1S/C23H25BrN4O3/c1-31-20-9-5-4-8-17(20)22(29)26-25-21-18-14-16(24)10-11-19(18)28(23(21)30)15-27-12-6-2-3-7-13-27/h4-5,8-11,14,30H,2-3,6-7,12-13,15H2,1H3. The summed E-state index contributed by atoms with van der Waals surface area (Å²) in [5, 5.41) is 19.8. The molecule has 2 aromatic carbocycles. The summed E-state index contributed by atoms with van der Waals surface area (Å²) in [6.45, 7) is 2.57. The molecule has 31 heavy (non-hydrogen) atoms. The number of methoxy groups -OCH3 is 1. The number of carbonyl (C=O) groups excluding carboxylic acids is 1. The van der Waals surface area contributed by atoms with Crippen LogP contribution >= 0.6 is 15.9 Å². The fourth-order valence-electron chi connectivity index (χ4n) is 3.99. The highest BCUT2D eigenvalue weighted by Gasteiger charge is 2.20. The average Bonchev–Trinajstić information content (AvgIpc) is 2.94. The highest BCUT2D eigenvalue weighted by Crippen LogP contribution is 2.40. The fraction of sp³-hybridized carbons (Fsp3) is 0.348. The molecule has 0 aliphatic carbocycles. The van der Waals surface area contributed by atoms with Crippen LogP contribution in [0.15, 0.2) is 57.2 Å². The second-order valence-corrected chi connectivity index (χ2v) is 8.56. The molecule has 8 heteroatoms. The lowest BCUT2D eigenvalue weighted by molar-refractivity contribution is 0.0992. The first-order chi connectivity index (χ1) is 15.1. The first kappa shape index (κ1) is 21.5. The van der Waals surface area contributed by atoms with Gasteiger partial charge in [0.25, 0.3) is 5.91 Å². The minimum atomic E-state index is -0.528. The number of nitrogens with zero attached hydrogens (tertiary/aromatic N) is 4. The van der Waals surface area contributed by atoms with Crippen LogP contribution in [0.3, 0.4) is 0 Å². The molecule has 1 aliphatic rings. The van der Waals surface area contributed by atoms with Crippen LogP contribution in [0, 0.1) is 0 Å². The highest BCUT2D eigenvalue weighted by atomic mass is 79.9. The van der Waals surface area contributed by atoms with Gasteiger partial charge in [0.15, 0.2) is 5.69 Å². The van der Waals surface area contributed by atoms with Gasteiger partial charge in [0, 0.05) is 9.86 Å². The summed E-state index contributed by atoms with van der Waals surface area (Å²) in [6.07, 6.45) is 4.80. The Morgan fingerprint density at radius 1 is 1.13 bits per heavy atom. The normalized spacial score (nSPS) is 15.4. The Kier molecular flexibility index (Phi) is 6.67. The number of halogens is 1. The molecule has 0 atom stereocenters. The van der Waals surface area contributed by atoms with E-state index in [0.29, 0.717) is 18.0 Å². The quantitative estimate of drug-likeness (QED) is 0.458. The maximum absolute atomic E-state index is 12.6. The molecule has 7 nitrogen and oxygen atoms in total. The highest BCUT2D eigenvalue weighted by molar-refractivity contribution is 9.10. The van der Waals surface area contributed by atoms with E-state index in [2.05, 4.69) is 31.1 Å². The summed E-state index contributed by atoms with van der Waals surface area (Å²) >= 11 is 3.49. The van der Waals surface area contributed by atoms with Gasteiger partial charge >= 0.3 is 0 Å². The number of aromatic nitrogens is 1. The van der Waals surface area contributed by atoms with Crippen molar-refractivity contribution in [2.24, 2.45) is 10.2 Å². The van der Waals surface area contributed by atoms with Crippen molar-refractivity contribution in [1.82, 2.24) is 9.47 Å². The van der Waals surface area contributed by atoms with E-state index in [9.17, 15) is 9.90 Å². The molecule has 1 N–H and O–H groups in total. The van der Waals surface area contributed by atoms with E-state index in [-0.39, 0.29) is 11.6 Å². The van der Waals surface area contributed by atoms with Gasteiger partial charge in [-0.3, -0.25) is 14.3 Å². The number of carbonyl (C=O) groups is 1. The van der Waals surface area contributed by atoms with Crippen molar-refractivity contribution < 1.29 is 14.6 Å². The maximum Gasteiger partial charge on any atom is 0.299 e. The summed E-state index contributed by atoms with van der Waals surface area (Å²) in [4.78, 5) is 15.0. The average molecular weight is 485 g/mol. The third-order valence-electron chi connectivity index (χ3n) is 5.59. The molecular weight excluding hydrogens is 460 g/mol. The Labute approximate surface area is 189 Å². The van der Waals surface area contributed by atoms with Gasteiger partial charge in [-0.15, -0.1) is 10.2 Å². The number of hydrogen-bond donors (Lipinski definition) is 1. The number of likely N-dealkylation sites (tertiary alicyclic amines) is 1. The lowest BCUT2D eigenvalue weighted by atomic mass is 10.2. The van der Waals surface area contributed by atoms with Gasteiger partial charge in [-0.2, -0.15) is 0 Å². The minimum Gasteiger partial charge on any atom is -0.496 e. The lowest BCUT2D eigenvalue weighted by Gasteiger charge is -2.21. The molecule has 162 valence electrons. The second-order valence-electron chi connectivity index (χ2n) is 7.64. The number of aromatic hydroxyl groups is 1. The van der Waals surface area contributed by atoms with Crippen molar-refractivity contribution in [3.8, 4) is 11.6 Å². The summed E-state index contributed by atoms with van der Waals surface area (Å²) in [5.41, 5.74) is 1.46. The van der Waals surface area contributed by atoms with Gasteiger partial charge < -0.3 is 9.84 Å². The van der Waals surface area contributed by atoms with Crippen molar-refractivity contribution >= 4 is 38.4 Å². The Morgan fingerprint density at radius 3 is 2.61 bits per heavy atom. The van der Waals surface area contributed by atoms with Crippen LogP contribution < -0.4 is 4.74 Å². The van der Waals surface area contributed by atoms with Crippen LogP contribution in [0.4, 0.5) is 5.69 Å². The van der Waals surface area contributed by atoms with Crippen LogP contribution in [0.5, 0.6) is 11.6 Å². The van der Waals surface area contributed by atoms with E-state index >= 15 is 0 Å². The van der Waals surface area contributed by atoms with E-state index in [4.69, 9.17) is 4.74 Å². The minimum absolute atomic E-state index is 0.00826. The smallest absolute Gasteiger partial charge is 0.299 e. The van der Waals surface area contributed by atoms with E-state index in [0.717, 1.165) is 41.3 Å². The van der Waals surface area contributed by atoms with Crippen LogP contribution in [0.25, 0.3) is 10.9 Å². The zero-order valence-electron chi connectivity index (χ0n) is 17.4. The molecule has 2 heterocycles. The number of benzene rings is 2. The first-order valence-corrected chi connectivity index (χ1v) is 11.2. The van der Waals surface area contributed by atoms with Crippen LogP contribution in [0.1, 0.15) is 36.0 Å². The van der Waals surface area contributed by atoms with Crippen molar-refractivity contribution in [3.05, 3.63) is 52.5 Å². The molecule has 1 aromatic heterocycles. The molecule has 1 saturated heterocycles. The van der Waals surface area contributed by atoms with Gasteiger partial charge in [-0.05, 0) is 56.3 Å². The summed E-state index contributed by atoms with van der Waals surface area (Å²) in [7, 11) is 1.50. The third-order valence-corrected chi connectivity index (χ3v) is 6.08. The van der Waals surface area contributed by atoms with E-state index in [1.807, 2.05) is 22.8 Å². The van der Waals surface area contributed by atoms with Crippen LogP contribution in [-0.4, -0.2) is 40.7 Å². The topological polar surface area (TPSA) is 79.4 Å². The third kappa shape index (κ3) is 4.65. The summed E-state index contributed by atoms with van der Waals surface area (Å²) in [5.74, 6) is -0.0869. The zero-order chi connectivity index (χ0) is 21.8. The molecule has 1 amide bonds. The SMILES string of the molecule is COc1ccccc1C(=O)N=Nc1c(O)n(CN2CCCCCC2)c2ccc(Br)cc12. The number of para-hydroxylation sites is 1. The van der Waals surface area contributed by atoms with Crippen molar-refractivity contribution in [1.29, 1.82) is 0 Å². The zero-order valence-corrected chi connectivity index (χ0v) is 19.0. The van der Waals surface area contributed by atoms with Crippen molar-refractivity contribution in [2.45, 2.75) is 32.4 Å². The number of ether oxygens (including phenoxy) is 1. The molecule has 1 fully saturated rings. The summed E-state index contributed by atoms with van der Waals surface area (Å²) < 4.78 is 7.94. The Morgan fingerprint density at radius 2 is 1.87 bits per heavy atom. The molecular formula is C23H25BrN4O3.